The van der Waals surface area contributed by atoms with Gasteiger partial charge in [-0.3, -0.25) is 9.69 Å². The lowest BCUT2D eigenvalue weighted by Gasteiger charge is -2.20. The molecule has 3 aromatic rings. The van der Waals surface area contributed by atoms with Crippen molar-refractivity contribution in [2.24, 2.45) is 0 Å². The van der Waals surface area contributed by atoms with Gasteiger partial charge in [0.05, 0.1) is 5.69 Å². The number of amides is 1. The number of ether oxygens (including phenoxy) is 1. The summed E-state index contributed by atoms with van der Waals surface area (Å²) in [6.07, 6.45) is 0. The molecule has 0 aromatic heterocycles. The Balaban J connectivity index is 1.47. The summed E-state index contributed by atoms with van der Waals surface area (Å²) >= 11 is 11.5. The van der Waals surface area contributed by atoms with Gasteiger partial charge in [0.2, 0.25) is 0 Å². The lowest BCUT2D eigenvalue weighted by molar-refractivity contribution is -0.115. The third-order valence-corrected chi connectivity index (χ3v) is 5.10. The summed E-state index contributed by atoms with van der Waals surface area (Å²) in [5, 5.41) is 1.09. The van der Waals surface area contributed by atoms with Crippen LogP contribution in [-0.2, 0) is 11.4 Å². The van der Waals surface area contributed by atoms with Crippen LogP contribution >= 0.6 is 23.8 Å². The van der Waals surface area contributed by atoms with Crippen LogP contribution in [0.1, 0.15) is 5.56 Å². The van der Waals surface area contributed by atoms with Crippen molar-refractivity contribution in [3.05, 3.63) is 89.4 Å². The van der Waals surface area contributed by atoms with E-state index >= 15 is 0 Å². The molecule has 4 nitrogen and oxygen atoms in total. The van der Waals surface area contributed by atoms with Gasteiger partial charge in [0.15, 0.2) is 5.11 Å². The molecule has 3 aromatic carbocycles. The minimum Gasteiger partial charge on any atom is -0.489 e. The van der Waals surface area contributed by atoms with Crippen LogP contribution in [0.3, 0.4) is 0 Å². The quantitative estimate of drug-likeness (QED) is 0.552. The molecule has 1 aliphatic rings. The van der Waals surface area contributed by atoms with Gasteiger partial charge < -0.3 is 9.64 Å². The van der Waals surface area contributed by atoms with Crippen LogP contribution in [0.15, 0.2) is 78.9 Å². The Bertz CT molecular complexity index is 991. The molecule has 1 aliphatic heterocycles. The van der Waals surface area contributed by atoms with Crippen molar-refractivity contribution in [1.29, 1.82) is 0 Å². The van der Waals surface area contributed by atoms with E-state index in [1.54, 1.807) is 21.9 Å². The Morgan fingerprint density at radius 2 is 1.54 bits per heavy atom. The van der Waals surface area contributed by atoms with Crippen LogP contribution < -0.4 is 14.5 Å². The van der Waals surface area contributed by atoms with Gasteiger partial charge in [0.1, 0.15) is 18.9 Å². The number of carbonyl (C=O) groups excluding carboxylic acids is 1. The number of thiocarbonyl (C=S) groups is 1. The summed E-state index contributed by atoms with van der Waals surface area (Å²) in [5.74, 6) is 0.664. The van der Waals surface area contributed by atoms with Gasteiger partial charge in [0, 0.05) is 10.7 Å². The number of rotatable bonds is 5. The first-order chi connectivity index (χ1) is 13.6. The summed E-state index contributed by atoms with van der Waals surface area (Å²) in [7, 11) is 0. The van der Waals surface area contributed by atoms with Crippen molar-refractivity contribution < 1.29 is 9.53 Å². The van der Waals surface area contributed by atoms with E-state index in [2.05, 4.69) is 0 Å². The normalized spacial score (nSPS) is 13.9. The minimum atomic E-state index is -0.0714. The third kappa shape index (κ3) is 3.86. The Morgan fingerprint density at radius 3 is 2.21 bits per heavy atom. The van der Waals surface area contributed by atoms with Gasteiger partial charge in [-0.05, 0) is 66.3 Å². The molecule has 0 radical (unpaired) electrons. The molecular weight excluding hydrogens is 392 g/mol. The summed E-state index contributed by atoms with van der Waals surface area (Å²) in [6.45, 7) is 0.693. The molecule has 4 rings (SSSR count). The van der Waals surface area contributed by atoms with Gasteiger partial charge in [0.25, 0.3) is 5.91 Å². The molecule has 0 N–H and O–H groups in total. The molecule has 1 saturated heterocycles. The molecule has 1 fully saturated rings. The van der Waals surface area contributed by atoms with E-state index in [0.717, 1.165) is 22.7 Å². The molecule has 0 aliphatic carbocycles. The molecule has 0 saturated carbocycles. The van der Waals surface area contributed by atoms with Crippen molar-refractivity contribution in [2.75, 3.05) is 16.3 Å². The van der Waals surface area contributed by atoms with Gasteiger partial charge in [-0.1, -0.05) is 41.9 Å². The highest BCUT2D eigenvalue weighted by molar-refractivity contribution is 7.81. The second kappa shape index (κ2) is 8.00. The first kappa shape index (κ1) is 18.5. The largest absolute Gasteiger partial charge is 0.489 e. The van der Waals surface area contributed by atoms with E-state index in [0.29, 0.717) is 16.7 Å². The zero-order chi connectivity index (χ0) is 19.5. The van der Waals surface area contributed by atoms with Crippen molar-refractivity contribution in [3.8, 4) is 5.75 Å². The summed E-state index contributed by atoms with van der Waals surface area (Å²) in [4.78, 5) is 15.9. The number of benzene rings is 3. The maximum absolute atomic E-state index is 12.6. The summed E-state index contributed by atoms with van der Waals surface area (Å²) in [5.41, 5.74) is 2.66. The lowest BCUT2D eigenvalue weighted by Crippen LogP contribution is -2.32. The predicted molar refractivity (Wildman–Crippen MR) is 116 cm³/mol. The van der Waals surface area contributed by atoms with E-state index < -0.39 is 0 Å². The van der Waals surface area contributed by atoms with Crippen LogP contribution in [0.2, 0.25) is 5.02 Å². The Hall–Kier alpha value is -2.89. The van der Waals surface area contributed by atoms with Crippen molar-refractivity contribution in [3.63, 3.8) is 0 Å². The fraction of sp³-hybridized carbons (Fsp3) is 0.0909. The first-order valence-electron chi connectivity index (χ1n) is 8.78. The SMILES string of the molecule is O=C1CN(c2ccc(Cl)cc2)C(=S)N1c1ccc(OCc2ccccc2)cc1. The first-order valence-corrected chi connectivity index (χ1v) is 9.57. The van der Waals surface area contributed by atoms with Crippen LogP contribution in [-0.4, -0.2) is 17.6 Å². The number of carbonyl (C=O) groups is 1. The van der Waals surface area contributed by atoms with Crippen molar-refractivity contribution in [2.45, 2.75) is 6.61 Å². The molecule has 6 heteroatoms. The molecule has 0 atom stereocenters. The molecular formula is C22H17ClN2O2S. The molecule has 140 valence electrons. The fourth-order valence-electron chi connectivity index (χ4n) is 3.01. The number of anilines is 2. The topological polar surface area (TPSA) is 32.8 Å². The smallest absolute Gasteiger partial charge is 0.253 e. The van der Waals surface area contributed by atoms with Gasteiger partial charge >= 0.3 is 0 Å². The van der Waals surface area contributed by atoms with Crippen molar-refractivity contribution >= 4 is 46.2 Å². The highest BCUT2D eigenvalue weighted by Gasteiger charge is 2.34. The average molecular weight is 409 g/mol. The molecule has 1 amide bonds. The van der Waals surface area contributed by atoms with Crippen LogP contribution in [0, 0.1) is 0 Å². The highest BCUT2D eigenvalue weighted by Crippen LogP contribution is 2.28. The average Bonchev–Trinajstić information content (AvgIpc) is 3.02. The number of hydrogen-bond acceptors (Lipinski definition) is 3. The maximum atomic E-state index is 12.6. The van der Waals surface area contributed by atoms with Gasteiger partial charge in [-0.25, -0.2) is 0 Å². The number of hydrogen-bond donors (Lipinski definition) is 0. The van der Waals surface area contributed by atoms with Gasteiger partial charge in [-0.2, -0.15) is 0 Å². The van der Waals surface area contributed by atoms with E-state index in [4.69, 9.17) is 28.6 Å². The summed E-state index contributed by atoms with van der Waals surface area (Å²) < 4.78 is 5.81. The summed E-state index contributed by atoms with van der Waals surface area (Å²) in [6, 6.07) is 24.6. The standard InChI is InChI=1S/C22H17ClN2O2S/c23-17-6-8-18(9-7-17)24-14-21(26)25(22(24)28)19-10-12-20(13-11-19)27-15-16-4-2-1-3-5-16/h1-13H,14-15H2. The van der Waals surface area contributed by atoms with E-state index in [9.17, 15) is 4.79 Å². The molecule has 1 heterocycles. The second-order valence-electron chi connectivity index (χ2n) is 6.34. The highest BCUT2D eigenvalue weighted by atomic mass is 35.5. The van der Waals surface area contributed by atoms with Crippen LogP contribution in [0.4, 0.5) is 11.4 Å². The molecule has 0 spiro atoms. The molecule has 0 unspecified atom stereocenters. The van der Waals surface area contributed by atoms with Gasteiger partial charge in [-0.15, -0.1) is 0 Å². The van der Waals surface area contributed by atoms with E-state index in [1.807, 2.05) is 66.7 Å². The maximum Gasteiger partial charge on any atom is 0.253 e. The minimum absolute atomic E-state index is 0.0714. The van der Waals surface area contributed by atoms with Crippen LogP contribution in [0.5, 0.6) is 5.75 Å². The number of nitrogens with zero attached hydrogens (tertiary/aromatic N) is 2. The van der Waals surface area contributed by atoms with E-state index in [-0.39, 0.29) is 12.5 Å². The third-order valence-electron chi connectivity index (χ3n) is 4.45. The number of halogens is 1. The molecule has 28 heavy (non-hydrogen) atoms. The Labute approximate surface area is 173 Å². The predicted octanol–water partition coefficient (Wildman–Crippen LogP) is 5.06. The molecule has 0 bridgehead atoms. The zero-order valence-electron chi connectivity index (χ0n) is 14.9. The lowest BCUT2D eigenvalue weighted by atomic mass is 10.2. The Kier molecular flexibility index (Phi) is 5.28. The zero-order valence-corrected chi connectivity index (χ0v) is 16.5. The second-order valence-corrected chi connectivity index (χ2v) is 7.14. The van der Waals surface area contributed by atoms with Crippen molar-refractivity contribution in [1.82, 2.24) is 0 Å². The monoisotopic (exact) mass is 408 g/mol. The van der Waals surface area contributed by atoms with E-state index in [1.165, 1.54) is 0 Å². The van der Waals surface area contributed by atoms with Crippen LogP contribution in [0.25, 0.3) is 0 Å². The fourth-order valence-corrected chi connectivity index (χ4v) is 3.51. The Morgan fingerprint density at radius 1 is 0.893 bits per heavy atom.